The van der Waals surface area contributed by atoms with Crippen molar-refractivity contribution in [2.75, 3.05) is 6.54 Å². The predicted octanol–water partition coefficient (Wildman–Crippen LogP) is 2.95. The van der Waals surface area contributed by atoms with Crippen LogP contribution in [0.5, 0.6) is 0 Å². The number of para-hydroxylation sites is 1. The molecule has 2 heterocycles. The lowest BCUT2D eigenvalue weighted by Gasteiger charge is -2.36. The zero-order valence-corrected chi connectivity index (χ0v) is 13.7. The van der Waals surface area contributed by atoms with E-state index in [1.165, 1.54) is 0 Å². The summed E-state index contributed by atoms with van der Waals surface area (Å²) in [4.78, 5) is 12.6. The van der Waals surface area contributed by atoms with Gasteiger partial charge in [0.2, 0.25) is 0 Å². The smallest absolute Gasteiger partial charge is 0.253 e. The van der Waals surface area contributed by atoms with Gasteiger partial charge in [0.25, 0.3) is 5.91 Å². The van der Waals surface area contributed by atoms with E-state index >= 15 is 0 Å². The minimum Gasteiger partial charge on any atom is -0.371 e. The summed E-state index contributed by atoms with van der Waals surface area (Å²) in [6.07, 6.45) is 6.81. The van der Waals surface area contributed by atoms with Crippen molar-refractivity contribution in [3.05, 3.63) is 48.3 Å². The molecule has 0 aliphatic carbocycles. The Labute approximate surface area is 136 Å². The van der Waals surface area contributed by atoms with Crippen LogP contribution in [0.25, 0.3) is 5.69 Å². The summed E-state index contributed by atoms with van der Waals surface area (Å²) >= 11 is 0. The fraction of sp³-hybridized carbons (Fsp3) is 0.444. The minimum atomic E-state index is -0.0966. The van der Waals surface area contributed by atoms with Gasteiger partial charge in [-0.1, -0.05) is 12.1 Å². The summed E-state index contributed by atoms with van der Waals surface area (Å²) in [5.41, 5.74) is 1.30. The molecular formula is C18H23N3O2. The molecule has 1 aromatic carbocycles. The van der Waals surface area contributed by atoms with Gasteiger partial charge in [0, 0.05) is 18.9 Å². The molecule has 1 amide bonds. The van der Waals surface area contributed by atoms with Crippen LogP contribution in [-0.2, 0) is 4.74 Å². The van der Waals surface area contributed by atoms with E-state index in [0.717, 1.165) is 24.9 Å². The second-order valence-corrected chi connectivity index (χ2v) is 6.57. The first-order valence-electron chi connectivity index (χ1n) is 8.10. The van der Waals surface area contributed by atoms with Gasteiger partial charge < -0.3 is 10.1 Å². The number of amides is 1. The molecule has 23 heavy (non-hydrogen) atoms. The van der Waals surface area contributed by atoms with Crippen LogP contribution in [0, 0.1) is 0 Å². The summed E-state index contributed by atoms with van der Waals surface area (Å²) in [6, 6.07) is 9.31. The van der Waals surface area contributed by atoms with Crippen LogP contribution in [-0.4, -0.2) is 33.9 Å². The third kappa shape index (κ3) is 3.79. The van der Waals surface area contributed by atoms with E-state index in [-0.39, 0.29) is 17.6 Å². The van der Waals surface area contributed by atoms with Crippen LogP contribution >= 0.6 is 0 Å². The number of hydrogen-bond donors (Lipinski definition) is 1. The van der Waals surface area contributed by atoms with Gasteiger partial charge >= 0.3 is 0 Å². The van der Waals surface area contributed by atoms with E-state index in [1.807, 2.05) is 36.5 Å². The first-order valence-corrected chi connectivity index (χ1v) is 8.10. The van der Waals surface area contributed by atoms with Gasteiger partial charge in [-0.15, -0.1) is 0 Å². The van der Waals surface area contributed by atoms with E-state index in [2.05, 4.69) is 24.3 Å². The van der Waals surface area contributed by atoms with E-state index in [1.54, 1.807) is 10.9 Å². The maximum absolute atomic E-state index is 12.6. The molecule has 0 radical (unpaired) electrons. The highest BCUT2D eigenvalue weighted by Crippen LogP contribution is 2.27. The molecule has 5 nitrogen and oxygen atoms in total. The maximum Gasteiger partial charge on any atom is 0.253 e. The molecule has 1 aromatic heterocycles. The molecule has 5 heteroatoms. The summed E-state index contributed by atoms with van der Waals surface area (Å²) < 4.78 is 7.73. The number of carbonyl (C=O) groups is 1. The maximum atomic E-state index is 12.6. The molecular weight excluding hydrogens is 290 g/mol. The molecule has 0 spiro atoms. The number of aromatic nitrogens is 2. The van der Waals surface area contributed by atoms with E-state index in [4.69, 9.17) is 4.74 Å². The van der Waals surface area contributed by atoms with E-state index < -0.39 is 0 Å². The predicted molar refractivity (Wildman–Crippen MR) is 88.7 cm³/mol. The lowest BCUT2D eigenvalue weighted by molar-refractivity contribution is -0.104. The van der Waals surface area contributed by atoms with Crippen molar-refractivity contribution in [1.82, 2.24) is 15.1 Å². The SMILES string of the molecule is CC1(C)CCCC(CNC(=O)c2ccccc2-n2cccn2)O1. The lowest BCUT2D eigenvalue weighted by atomic mass is 9.95. The third-order valence-corrected chi connectivity index (χ3v) is 4.18. The van der Waals surface area contributed by atoms with Gasteiger partial charge in [-0.05, 0) is 51.3 Å². The van der Waals surface area contributed by atoms with Crippen LogP contribution in [0.15, 0.2) is 42.7 Å². The fourth-order valence-electron chi connectivity index (χ4n) is 3.05. The molecule has 1 fully saturated rings. The Balaban J connectivity index is 1.67. The number of benzene rings is 1. The molecule has 1 atom stereocenters. The largest absolute Gasteiger partial charge is 0.371 e. The molecule has 1 saturated heterocycles. The minimum absolute atomic E-state index is 0.0829. The van der Waals surface area contributed by atoms with Gasteiger partial charge in [-0.25, -0.2) is 4.68 Å². The number of nitrogens with one attached hydrogen (secondary N) is 1. The van der Waals surface area contributed by atoms with Crippen LogP contribution in [0.3, 0.4) is 0 Å². The van der Waals surface area contributed by atoms with Crippen molar-refractivity contribution < 1.29 is 9.53 Å². The second kappa shape index (κ2) is 6.54. The Kier molecular flexibility index (Phi) is 4.48. The van der Waals surface area contributed by atoms with Crippen LogP contribution in [0.4, 0.5) is 0 Å². The van der Waals surface area contributed by atoms with Crippen LogP contribution in [0.1, 0.15) is 43.5 Å². The Hall–Kier alpha value is -2.14. The average molecular weight is 313 g/mol. The first kappa shape index (κ1) is 15.7. The standard InChI is InChI=1S/C18H23N3O2/c1-18(2)10-5-7-14(23-18)13-19-17(22)15-8-3-4-9-16(15)21-12-6-11-20-21/h3-4,6,8-9,11-12,14H,5,7,10,13H2,1-2H3,(H,19,22). The molecule has 1 unspecified atom stereocenters. The van der Waals surface area contributed by atoms with Gasteiger partial charge in [0.1, 0.15) is 0 Å². The van der Waals surface area contributed by atoms with Crippen molar-refractivity contribution in [3.63, 3.8) is 0 Å². The molecule has 0 bridgehead atoms. The summed E-state index contributed by atoms with van der Waals surface area (Å²) in [5, 5.41) is 7.21. The fourth-order valence-corrected chi connectivity index (χ4v) is 3.05. The average Bonchev–Trinajstić information content (AvgIpc) is 3.06. The topological polar surface area (TPSA) is 56.2 Å². The van der Waals surface area contributed by atoms with Gasteiger partial charge in [0.15, 0.2) is 0 Å². The van der Waals surface area contributed by atoms with E-state index in [9.17, 15) is 4.79 Å². The Bertz CT molecular complexity index is 665. The zero-order valence-electron chi connectivity index (χ0n) is 13.7. The van der Waals surface area contributed by atoms with Crippen molar-refractivity contribution in [3.8, 4) is 5.69 Å². The molecule has 1 N–H and O–H groups in total. The lowest BCUT2D eigenvalue weighted by Crippen LogP contribution is -2.42. The van der Waals surface area contributed by atoms with Crippen molar-refractivity contribution in [2.45, 2.75) is 44.8 Å². The number of nitrogens with zero attached hydrogens (tertiary/aromatic N) is 2. The highest BCUT2D eigenvalue weighted by Gasteiger charge is 2.28. The van der Waals surface area contributed by atoms with E-state index in [0.29, 0.717) is 12.1 Å². The van der Waals surface area contributed by atoms with Crippen molar-refractivity contribution >= 4 is 5.91 Å². The number of hydrogen-bond acceptors (Lipinski definition) is 3. The second-order valence-electron chi connectivity index (χ2n) is 6.57. The van der Waals surface area contributed by atoms with Crippen LogP contribution in [0.2, 0.25) is 0 Å². The summed E-state index contributed by atoms with van der Waals surface area (Å²) in [7, 11) is 0. The molecule has 2 aromatic rings. The Morgan fingerprint density at radius 1 is 1.39 bits per heavy atom. The third-order valence-electron chi connectivity index (χ3n) is 4.18. The highest BCUT2D eigenvalue weighted by molar-refractivity contribution is 5.97. The molecule has 1 aliphatic rings. The number of carbonyl (C=O) groups excluding carboxylic acids is 1. The molecule has 1 aliphatic heterocycles. The normalized spacial score (nSPS) is 20.2. The summed E-state index contributed by atoms with van der Waals surface area (Å²) in [6.45, 7) is 4.75. The number of ether oxygens (including phenoxy) is 1. The molecule has 3 rings (SSSR count). The quantitative estimate of drug-likeness (QED) is 0.944. The number of rotatable bonds is 4. The van der Waals surface area contributed by atoms with Gasteiger partial charge in [-0.3, -0.25) is 4.79 Å². The summed E-state index contributed by atoms with van der Waals surface area (Å²) in [5.74, 6) is -0.0944. The molecule has 0 saturated carbocycles. The van der Waals surface area contributed by atoms with Gasteiger partial charge in [-0.2, -0.15) is 5.10 Å². The first-order chi connectivity index (χ1) is 11.1. The van der Waals surface area contributed by atoms with Crippen molar-refractivity contribution in [1.29, 1.82) is 0 Å². The molecule has 122 valence electrons. The monoisotopic (exact) mass is 313 g/mol. The van der Waals surface area contributed by atoms with Crippen LogP contribution < -0.4 is 5.32 Å². The Morgan fingerprint density at radius 2 is 2.22 bits per heavy atom. The zero-order chi connectivity index (χ0) is 16.3. The van der Waals surface area contributed by atoms with Gasteiger partial charge in [0.05, 0.1) is 23.0 Å². The van der Waals surface area contributed by atoms with Crippen molar-refractivity contribution in [2.24, 2.45) is 0 Å². The Morgan fingerprint density at radius 3 is 2.96 bits per heavy atom. The highest BCUT2D eigenvalue weighted by atomic mass is 16.5.